The Morgan fingerprint density at radius 2 is 1.58 bits per heavy atom. The first kappa shape index (κ1) is 16.2. The molecule has 1 aromatic heterocycles. The van der Waals surface area contributed by atoms with Crippen molar-refractivity contribution in [1.29, 1.82) is 0 Å². The summed E-state index contributed by atoms with van der Waals surface area (Å²) in [5.41, 5.74) is 3.23. The van der Waals surface area contributed by atoms with Crippen molar-refractivity contribution in [3.05, 3.63) is 100 Å². The SMILES string of the molecule is Cc1ccc2oc(-c3ccccc3)c(OCc3ccccc3)c(=O)c2c1. The average molecular weight is 342 g/mol. The summed E-state index contributed by atoms with van der Waals surface area (Å²) >= 11 is 0. The van der Waals surface area contributed by atoms with Gasteiger partial charge in [0.25, 0.3) is 0 Å². The Hall–Kier alpha value is -3.33. The van der Waals surface area contributed by atoms with E-state index in [2.05, 4.69) is 0 Å². The molecule has 3 nitrogen and oxygen atoms in total. The van der Waals surface area contributed by atoms with Crippen LogP contribution in [0.5, 0.6) is 5.75 Å². The monoisotopic (exact) mass is 342 g/mol. The summed E-state index contributed by atoms with van der Waals surface area (Å²) in [7, 11) is 0. The third-order valence-corrected chi connectivity index (χ3v) is 4.27. The number of aryl methyl sites for hydroxylation is 1. The molecule has 0 aliphatic heterocycles. The summed E-state index contributed by atoms with van der Waals surface area (Å²) in [5, 5.41) is 0.535. The smallest absolute Gasteiger partial charge is 0.235 e. The van der Waals surface area contributed by atoms with Crippen LogP contribution in [0.3, 0.4) is 0 Å². The van der Waals surface area contributed by atoms with E-state index in [1.807, 2.05) is 85.8 Å². The van der Waals surface area contributed by atoms with Crippen molar-refractivity contribution in [3.63, 3.8) is 0 Å². The maximum absolute atomic E-state index is 13.1. The van der Waals surface area contributed by atoms with Gasteiger partial charge in [-0.15, -0.1) is 0 Å². The van der Waals surface area contributed by atoms with Crippen LogP contribution < -0.4 is 10.2 Å². The molecular weight excluding hydrogens is 324 g/mol. The fourth-order valence-corrected chi connectivity index (χ4v) is 2.93. The van der Waals surface area contributed by atoms with Crippen LogP contribution in [0.4, 0.5) is 0 Å². The Kier molecular flexibility index (Phi) is 4.28. The minimum absolute atomic E-state index is 0.148. The zero-order chi connectivity index (χ0) is 17.9. The van der Waals surface area contributed by atoms with Gasteiger partial charge < -0.3 is 9.15 Å². The predicted molar refractivity (Wildman–Crippen MR) is 103 cm³/mol. The van der Waals surface area contributed by atoms with Crippen molar-refractivity contribution < 1.29 is 9.15 Å². The van der Waals surface area contributed by atoms with Crippen molar-refractivity contribution in [2.75, 3.05) is 0 Å². The fourth-order valence-electron chi connectivity index (χ4n) is 2.93. The maximum Gasteiger partial charge on any atom is 0.235 e. The molecule has 0 atom stereocenters. The molecule has 0 bridgehead atoms. The number of ether oxygens (including phenoxy) is 1. The molecule has 0 saturated carbocycles. The summed E-state index contributed by atoms with van der Waals surface area (Å²) < 4.78 is 12.0. The lowest BCUT2D eigenvalue weighted by molar-refractivity contribution is 0.298. The van der Waals surface area contributed by atoms with Gasteiger partial charge in [-0.1, -0.05) is 72.3 Å². The van der Waals surface area contributed by atoms with E-state index in [1.54, 1.807) is 0 Å². The number of hydrogen-bond donors (Lipinski definition) is 0. The number of benzene rings is 3. The van der Waals surface area contributed by atoms with E-state index in [0.29, 0.717) is 23.3 Å². The van der Waals surface area contributed by atoms with E-state index >= 15 is 0 Å². The molecule has 128 valence electrons. The maximum atomic E-state index is 13.1. The molecule has 0 aliphatic carbocycles. The van der Waals surface area contributed by atoms with Gasteiger partial charge in [0.1, 0.15) is 12.2 Å². The Balaban J connectivity index is 1.87. The van der Waals surface area contributed by atoms with Crippen LogP contribution in [0.25, 0.3) is 22.3 Å². The van der Waals surface area contributed by atoms with E-state index in [-0.39, 0.29) is 11.2 Å². The second-order valence-corrected chi connectivity index (χ2v) is 6.23. The van der Waals surface area contributed by atoms with Crippen molar-refractivity contribution >= 4 is 11.0 Å². The molecule has 3 aromatic carbocycles. The van der Waals surface area contributed by atoms with Crippen LogP contribution in [0.2, 0.25) is 0 Å². The summed E-state index contributed by atoms with van der Waals surface area (Å²) in [4.78, 5) is 13.1. The Morgan fingerprint density at radius 1 is 0.885 bits per heavy atom. The first-order chi connectivity index (χ1) is 12.7. The van der Waals surface area contributed by atoms with E-state index in [4.69, 9.17) is 9.15 Å². The van der Waals surface area contributed by atoms with Crippen molar-refractivity contribution in [3.8, 4) is 17.1 Å². The van der Waals surface area contributed by atoms with E-state index < -0.39 is 0 Å². The van der Waals surface area contributed by atoms with Gasteiger partial charge in [-0.3, -0.25) is 4.79 Å². The van der Waals surface area contributed by atoms with Gasteiger partial charge in [-0.05, 0) is 24.6 Å². The standard InChI is InChI=1S/C23H18O3/c1-16-12-13-20-19(14-16)21(24)23(25-15-17-8-4-2-5-9-17)22(26-20)18-10-6-3-7-11-18/h2-14H,15H2,1H3. The highest BCUT2D eigenvalue weighted by atomic mass is 16.5. The lowest BCUT2D eigenvalue weighted by Gasteiger charge is -2.12. The van der Waals surface area contributed by atoms with Crippen molar-refractivity contribution in [2.45, 2.75) is 13.5 Å². The van der Waals surface area contributed by atoms with E-state index in [0.717, 1.165) is 16.7 Å². The van der Waals surface area contributed by atoms with Gasteiger partial charge in [0, 0.05) is 5.56 Å². The second-order valence-electron chi connectivity index (χ2n) is 6.23. The highest BCUT2D eigenvalue weighted by molar-refractivity contribution is 5.82. The molecule has 0 unspecified atom stereocenters. The van der Waals surface area contributed by atoms with Crippen LogP contribution >= 0.6 is 0 Å². The third kappa shape index (κ3) is 3.11. The van der Waals surface area contributed by atoms with Crippen molar-refractivity contribution in [2.24, 2.45) is 0 Å². The van der Waals surface area contributed by atoms with Gasteiger partial charge in [0.05, 0.1) is 5.39 Å². The molecule has 4 rings (SSSR count). The molecule has 0 saturated heterocycles. The molecule has 26 heavy (non-hydrogen) atoms. The van der Waals surface area contributed by atoms with Gasteiger partial charge in [0.2, 0.25) is 11.2 Å². The van der Waals surface area contributed by atoms with Crippen LogP contribution in [-0.4, -0.2) is 0 Å². The zero-order valence-electron chi connectivity index (χ0n) is 14.4. The minimum atomic E-state index is -0.148. The molecule has 0 aliphatic rings. The Morgan fingerprint density at radius 3 is 2.31 bits per heavy atom. The normalized spacial score (nSPS) is 10.8. The van der Waals surface area contributed by atoms with E-state index in [9.17, 15) is 4.79 Å². The first-order valence-corrected chi connectivity index (χ1v) is 8.52. The summed E-state index contributed by atoms with van der Waals surface area (Å²) in [6.07, 6.45) is 0. The quantitative estimate of drug-likeness (QED) is 0.502. The molecule has 0 fully saturated rings. The van der Waals surface area contributed by atoms with Gasteiger partial charge in [-0.2, -0.15) is 0 Å². The highest BCUT2D eigenvalue weighted by Gasteiger charge is 2.17. The summed E-state index contributed by atoms with van der Waals surface area (Å²) in [6.45, 7) is 2.26. The van der Waals surface area contributed by atoms with Crippen LogP contribution in [0.15, 0.2) is 88.1 Å². The Bertz CT molecular complexity index is 1100. The third-order valence-electron chi connectivity index (χ3n) is 4.27. The molecule has 3 heteroatoms. The molecule has 0 spiro atoms. The van der Waals surface area contributed by atoms with Crippen LogP contribution in [0, 0.1) is 6.92 Å². The Labute approximate surface area is 151 Å². The number of hydrogen-bond acceptors (Lipinski definition) is 3. The predicted octanol–water partition coefficient (Wildman–Crippen LogP) is 5.35. The van der Waals surface area contributed by atoms with Crippen molar-refractivity contribution in [1.82, 2.24) is 0 Å². The minimum Gasteiger partial charge on any atom is -0.481 e. The summed E-state index contributed by atoms with van der Waals surface area (Å²) in [6, 6.07) is 25.0. The second kappa shape index (κ2) is 6.89. The van der Waals surface area contributed by atoms with Gasteiger partial charge in [0.15, 0.2) is 5.76 Å². The van der Waals surface area contributed by atoms with Crippen LogP contribution in [0.1, 0.15) is 11.1 Å². The lowest BCUT2D eigenvalue weighted by Crippen LogP contribution is -2.10. The zero-order valence-corrected chi connectivity index (χ0v) is 14.4. The fraction of sp³-hybridized carbons (Fsp3) is 0.0870. The van der Waals surface area contributed by atoms with E-state index in [1.165, 1.54) is 0 Å². The largest absolute Gasteiger partial charge is 0.481 e. The average Bonchev–Trinajstić information content (AvgIpc) is 2.69. The van der Waals surface area contributed by atoms with Gasteiger partial charge >= 0.3 is 0 Å². The highest BCUT2D eigenvalue weighted by Crippen LogP contribution is 2.31. The summed E-state index contributed by atoms with van der Waals surface area (Å²) in [5.74, 6) is 0.709. The van der Waals surface area contributed by atoms with Gasteiger partial charge in [-0.25, -0.2) is 0 Å². The molecule has 0 N–H and O–H groups in total. The topological polar surface area (TPSA) is 39.4 Å². The van der Waals surface area contributed by atoms with Crippen LogP contribution in [-0.2, 0) is 6.61 Å². The molecular formula is C23H18O3. The lowest BCUT2D eigenvalue weighted by atomic mass is 10.1. The number of rotatable bonds is 4. The molecule has 0 amide bonds. The first-order valence-electron chi connectivity index (χ1n) is 8.52. The molecule has 0 radical (unpaired) electrons. The molecule has 4 aromatic rings. The number of fused-ring (bicyclic) bond motifs is 1. The molecule has 1 heterocycles.